The number of fused-ring (bicyclic) bond motifs is 1. The molecule has 31 heavy (non-hydrogen) atoms. The lowest BCUT2D eigenvalue weighted by Gasteiger charge is -2.16. The summed E-state index contributed by atoms with van der Waals surface area (Å²) in [5.74, 6) is 0.302. The summed E-state index contributed by atoms with van der Waals surface area (Å²) >= 11 is 1.31. The van der Waals surface area contributed by atoms with Crippen LogP contribution in [0, 0.1) is 5.82 Å². The summed E-state index contributed by atoms with van der Waals surface area (Å²) in [6, 6.07) is 14.3. The maximum absolute atomic E-state index is 13.2. The predicted molar refractivity (Wildman–Crippen MR) is 114 cm³/mol. The molecule has 4 aromatic rings. The number of hydrogen-bond donors (Lipinski definition) is 1. The van der Waals surface area contributed by atoms with Crippen LogP contribution in [0.4, 0.5) is 13.2 Å². The fourth-order valence-electron chi connectivity index (χ4n) is 3.22. The first-order chi connectivity index (χ1) is 14.9. The molecule has 0 unspecified atom stereocenters. The van der Waals surface area contributed by atoms with Crippen molar-refractivity contribution in [2.45, 2.75) is 19.7 Å². The molecule has 2 heterocycles. The number of ether oxygens (including phenoxy) is 1. The lowest BCUT2D eigenvalue weighted by atomic mass is 10.2. The third kappa shape index (κ3) is 5.12. The van der Waals surface area contributed by atoms with E-state index in [-0.39, 0.29) is 17.1 Å². The molecule has 0 saturated carbocycles. The van der Waals surface area contributed by atoms with E-state index in [0.717, 1.165) is 16.0 Å². The van der Waals surface area contributed by atoms with Gasteiger partial charge in [0.1, 0.15) is 22.1 Å². The molecule has 0 aliphatic heterocycles. The molecule has 2 aromatic carbocycles. The molecule has 0 bridgehead atoms. The van der Waals surface area contributed by atoms with Gasteiger partial charge in [-0.2, -0.15) is 8.78 Å². The van der Waals surface area contributed by atoms with Gasteiger partial charge in [-0.05, 0) is 48.5 Å². The number of rotatable bonds is 7. The maximum Gasteiger partial charge on any atom is 0.387 e. The van der Waals surface area contributed by atoms with Crippen molar-refractivity contribution in [3.05, 3.63) is 82.2 Å². The van der Waals surface area contributed by atoms with Gasteiger partial charge >= 0.3 is 6.61 Å². The van der Waals surface area contributed by atoms with Crippen molar-refractivity contribution in [1.82, 2.24) is 14.9 Å². The van der Waals surface area contributed by atoms with E-state index in [4.69, 9.17) is 0 Å². The Kier molecular flexibility index (Phi) is 6.06. The van der Waals surface area contributed by atoms with Crippen molar-refractivity contribution in [2.24, 2.45) is 0 Å². The Balaban J connectivity index is 1.49. The summed E-state index contributed by atoms with van der Waals surface area (Å²) < 4.78 is 42.5. The SMILES string of the molecule is CN(Cc1ccc(OC(F)F)cc1)Cc1nc2cc(-c3ccc(F)cc3)sc2c(=O)[nH]1. The zero-order valence-corrected chi connectivity index (χ0v) is 17.3. The second kappa shape index (κ2) is 8.91. The molecule has 0 aliphatic rings. The van der Waals surface area contributed by atoms with Crippen LogP contribution < -0.4 is 10.3 Å². The van der Waals surface area contributed by atoms with Crippen LogP contribution in [0.2, 0.25) is 0 Å². The van der Waals surface area contributed by atoms with Gasteiger partial charge in [-0.25, -0.2) is 9.37 Å². The van der Waals surface area contributed by atoms with Gasteiger partial charge in [-0.1, -0.05) is 24.3 Å². The minimum absolute atomic E-state index is 0.104. The number of thiophene rings is 1. The number of H-pyrrole nitrogens is 1. The molecule has 0 fully saturated rings. The Morgan fingerprint density at radius 3 is 2.48 bits per heavy atom. The number of halogens is 3. The van der Waals surface area contributed by atoms with Crippen LogP contribution in [0.15, 0.2) is 59.4 Å². The summed E-state index contributed by atoms with van der Waals surface area (Å²) in [6.45, 7) is -1.93. The lowest BCUT2D eigenvalue weighted by Crippen LogP contribution is -2.21. The molecule has 0 saturated heterocycles. The van der Waals surface area contributed by atoms with Gasteiger partial charge in [0.25, 0.3) is 5.56 Å². The third-order valence-corrected chi connectivity index (χ3v) is 5.75. The van der Waals surface area contributed by atoms with E-state index in [1.165, 1.54) is 35.6 Å². The summed E-state index contributed by atoms with van der Waals surface area (Å²) in [4.78, 5) is 22.7. The molecule has 2 aromatic heterocycles. The molecule has 0 atom stereocenters. The van der Waals surface area contributed by atoms with Crippen molar-refractivity contribution in [2.75, 3.05) is 7.05 Å². The first kappa shape index (κ1) is 21.1. The standard InChI is InChI=1S/C22H18F3N3O2S/c1-28(11-13-2-8-16(9-3-13)30-22(24)25)12-19-26-17-10-18(31-20(17)21(29)27-19)14-4-6-15(23)7-5-14/h2-10,22H,11-12H2,1H3,(H,26,27,29). The second-order valence-corrected chi connectivity index (χ2v) is 8.09. The largest absolute Gasteiger partial charge is 0.435 e. The van der Waals surface area contributed by atoms with Crippen LogP contribution in [-0.2, 0) is 13.1 Å². The van der Waals surface area contributed by atoms with Crippen LogP contribution in [0.5, 0.6) is 5.75 Å². The minimum atomic E-state index is -2.85. The Hall–Kier alpha value is -3.17. The van der Waals surface area contributed by atoms with Gasteiger partial charge < -0.3 is 9.72 Å². The van der Waals surface area contributed by atoms with Crippen LogP contribution in [-0.4, -0.2) is 28.5 Å². The highest BCUT2D eigenvalue weighted by molar-refractivity contribution is 7.22. The monoisotopic (exact) mass is 445 g/mol. The predicted octanol–water partition coefficient (Wildman–Crippen LogP) is 5.02. The number of nitrogens with one attached hydrogen (secondary N) is 1. The molecular formula is C22H18F3N3O2S. The highest BCUT2D eigenvalue weighted by Crippen LogP contribution is 2.31. The van der Waals surface area contributed by atoms with Crippen LogP contribution >= 0.6 is 11.3 Å². The van der Waals surface area contributed by atoms with E-state index in [2.05, 4.69) is 14.7 Å². The lowest BCUT2D eigenvalue weighted by molar-refractivity contribution is -0.0498. The topological polar surface area (TPSA) is 58.2 Å². The van der Waals surface area contributed by atoms with Crippen molar-refractivity contribution in [3.8, 4) is 16.2 Å². The maximum atomic E-state index is 13.2. The van der Waals surface area contributed by atoms with E-state index in [9.17, 15) is 18.0 Å². The van der Waals surface area contributed by atoms with Crippen LogP contribution in [0.25, 0.3) is 20.7 Å². The van der Waals surface area contributed by atoms with Crippen molar-refractivity contribution in [1.29, 1.82) is 0 Å². The molecule has 0 amide bonds. The van der Waals surface area contributed by atoms with Crippen molar-refractivity contribution < 1.29 is 17.9 Å². The minimum Gasteiger partial charge on any atom is -0.435 e. The number of hydrogen-bond acceptors (Lipinski definition) is 5. The first-order valence-electron chi connectivity index (χ1n) is 9.38. The molecule has 4 rings (SSSR count). The molecule has 0 radical (unpaired) electrons. The number of alkyl halides is 2. The summed E-state index contributed by atoms with van der Waals surface area (Å²) in [5.41, 5.74) is 2.09. The fraction of sp³-hybridized carbons (Fsp3) is 0.182. The molecule has 0 aliphatic carbocycles. The Bertz CT molecular complexity index is 1240. The van der Waals surface area contributed by atoms with E-state index in [1.54, 1.807) is 24.3 Å². The molecule has 9 heteroatoms. The van der Waals surface area contributed by atoms with Crippen molar-refractivity contribution >= 4 is 21.6 Å². The van der Waals surface area contributed by atoms with Gasteiger partial charge in [0, 0.05) is 11.4 Å². The summed E-state index contributed by atoms with van der Waals surface area (Å²) in [5, 5.41) is 0. The van der Waals surface area contributed by atoms with Gasteiger partial charge in [0.2, 0.25) is 0 Å². The molecular weight excluding hydrogens is 427 g/mol. The quantitative estimate of drug-likeness (QED) is 0.434. The number of aromatic nitrogens is 2. The molecule has 0 spiro atoms. The highest BCUT2D eigenvalue weighted by Gasteiger charge is 2.12. The first-order valence-corrected chi connectivity index (χ1v) is 10.2. The number of aromatic amines is 1. The fourth-order valence-corrected chi connectivity index (χ4v) is 4.22. The summed E-state index contributed by atoms with van der Waals surface area (Å²) in [6.07, 6.45) is 0. The average molecular weight is 445 g/mol. The van der Waals surface area contributed by atoms with Crippen LogP contribution in [0.1, 0.15) is 11.4 Å². The summed E-state index contributed by atoms with van der Waals surface area (Å²) in [7, 11) is 1.87. The number of nitrogens with zero attached hydrogens (tertiary/aromatic N) is 2. The highest BCUT2D eigenvalue weighted by atomic mass is 32.1. The second-order valence-electron chi connectivity index (χ2n) is 7.04. The number of benzene rings is 2. The van der Waals surface area contributed by atoms with E-state index < -0.39 is 6.61 Å². The van der Waals surface area contributed by atoms with E-state index in [0.29, 0.717) is 29.1 Å². The zero-order valence-electron chi connectivity index (χ0n) is 16.4. The Labute approximate surface area is 179 Å². The Morgan fingerprint density at radius 1 is 1.10 bits per heavy atom. The smallest absolute Gasteiger partial charge is 0.387 e. The van der Waals surface area contributed by atoms with Gasteiger partial charge in [0.15, 0.2) is 0 Å². The Morgan fingerprint density at radius 2 is 1.81 bits per heavy atom. The van der Waals surface area contributed by atoms with Crippen molar-refractivity contribution in [3.63, 3.8) is 0 Å². The average Bonchev–Trinajstić information content (AvgIpc) is 3.14. The zero-order chi connectivity index (χ0) is 22.0. The molecule has 5 nitrogen and oxygen atoms in total. The third-order valence-electron chi connectivity index (χ3n) is 4.58. The molecule has 1 N–H and O–H groups in total. The van der Waals surface area contributed by atoms with Crippen LogP contribution in [0.3, 0.4) is 0 Å². The van der Waals surface area contributed by atoms with E-state index >= 15 is 0 Å². The van der Waals surface area contributed by atoms with E-state index in [1.807, 2.05) is 18.0 Å². The van der Waals surface area contributed by atoms with Gasteiger partial charge in [-0.3, -0.25) is 9.69 Å². The normalized spacial score (nSPS) is 11.5. The molecule has 160 valence electrons. The van der Waals surface area contributed by atoms with Gasteiger partial charge in [-0.15, -0.1) is 11.3 Å². The van der Waals surface area contributed by atoms with Gasteiger partial charge in [0.05, 0.1) is 12.1 Å².